The van der Waals surface area contributed by atoms with Crippen molar-refractivity contribution in [2.75, 3.05) is 11.5 Å². The third-order valence-corrected chi connectivity index (χ3v) is 5.42. The quantitative estimate of drug-likeness (QED) is 0.817. The number of thioether (sulfide) groups is 1. The summed E-state index contributed by atoms with van der Waals surface area (Å²) in [6.45, 7) is 5.57. The fourth-order valence-corrected chi connectivity index (χ4v) is 4.32. The van der Waals surface area contributed by atoms with Crippen molar-refractivity contribution in [2.45, 2.75) is 38.3 Å². The van der Waals surface area contributed by atoms with E-state index in [1.165, 1.54) is 22.3 Å². The van der Waals surface area contributed by atoms with Gasteiger partial charge in [-0.25, -0.2) is 0 Å². The lowest BCUT2D eigenvalue weighted by atomic mass is 9.99. The molecule has 1 aliphatic rings. The van der Waals surface area contributed by atoms with Crippen molar-refractivity contribution in [2.24, 2.45) is 5.73 Å². The number of hydrogen-bond acceptors (Lipinski definition) is 4. The zero-order valence-corrected chi connectivity index (χ0v) is 15.8. The summed E-state index contributed by atoms with van der Waals surface area (Å²) in [5, 5.41) is 0. The van der Waals surface area contributed by atoms with Crippen LogP contribution in [0, 0.1) is 0 Å². The highest BCUT2D eigenvalue weighted by Gasteiger charge is 2.28. The SMILES string of the molecule is CC(C)(C)OC(=O)C(N)CSCC1c2ccccc2-c2ccccc21. The molecule has 2 aromatic carbocycles. The van der Waals surface area contributed by atoms with E-state index in [4.69, 9.17) is 10.5 Å². The Morgan fingerprint density at radius 1 is 1.08 bits per heavy atom. The molecule has 0 fully saturated rings. The molecule has 0 amide bonds. The molecule has 1 aliphatic carbocycles. The van der Waals surface area contributed by atoms with Crippen molar-refractivity contribution >= 4 is 17.7 Å². The minimum atomic E-state index is -0.587. The van der Waals surface area contributed by atoms with Crippen molar-refractivity contribution in [3.63, 3.8) is 0 Å². The van der Waals surface area contributed by atoms with Crippen molar-refractivity contribution in [3.8, 4) is 11.1 Å². The lowest BCUT2D eigenvalue weighted by Gasteiger charge is -2.22. The van der Waals surface area contributed by atoms with Gasteiger partial charge in [0.05, 0.1) is 0 Å². The van der Waals surface area contributed by atoms with Gasteiger partial charge in [-0.1, -0.05) is 48.5 Å². The smallest absolute Gasteiger partial charge is 0.324 e. The molecule has 0 aromatic heterocycles. The van der Waals surface area contributed by atoms with E-state index in [1.54, 1.807) is 11.8 Å². The number of hydrogen-bond donors (Lipinski definition) is 1. The zero-order valence-electron chi connectivity index (χ0n) is 15.0. The van der Waals surface area contributed by atoms with Crippen LogP contribution in [0.4, 0.5) is 0 Å². The van der Waals surface area contributed by atoms with Crippen LogP contribution < -0.4 is 5.73 Å². The van der Waals surface area contributed by atoms with Crippen LogP contribution >= 0.6 is 11.8 Å². The Labute approximate surface area is 154 Å². The molecule has 2 N–H and O–H groups in total. The summed E-state index contributed by atoms with van der Waals surface area (Å²) in [5.74, 6) is 1.50. The first kappa shape index (κ1) is 18.0. The Kier molecular flexibility index (Phi) is 5.21. The average molecular weight is 356 g/mol. The van der Waals surface area contributed by atoms with Crippen molar-refractivity contribution < 1.29 is 9.53 Å². The van der Waals surface area contributed by atoms with Gasteiger partial charge in [-0.05, 0) is 43.0 Å². The molecule has 132 valence electrons. The maximum Gasteiger partial charge on any atom is 0.324 e. The van der Waals surface area contributed by atoms with E-state index >= 15 is 0 Å². The second-order valence-electron chi connectivity index (χ2n) is 7.40. The highest BCUT2D eigenvalue weighted by atomic mass is 32.2. The van der Waals surface area contributed by atoms with E-state index in [0.717, 1.165) is 5.75 Å². The summed E-state index contributed by atoms with van der Waals surface area (Å²) in [5.41, 5.74) is 10.9. The fraction of sp³-hybridized carbons (Fsp3) is 0.381. The highest BCUT2D eigenvalue weighted by molar-refractivity contribution is 7.99. The first-order valence-corrected chi connectivity index (χ1v) is 9.76. The van der Waals surface area contributed by atoms with E-state index in [2.05, 4.69) is 48.5 Å². The molecule has 3 nitrogen and oxygen atoms in total. The molecule has 3 rings (SSSR count). The molecular formula is C21H25NO2S. The molecule has 1 unspecified atom stereocenters. The van der Waals surface area contributed by atoms with Crippen LogP contribution in [0.2, 0.25) is 0 Å². The first-order chi connectivity index (χ1) is 11.9. The van der Waals surface area contributed by atoms with Gasteiger partial charge >= 0.3 is 5.97 Å². The molecule has 0 heterocycles. The number of carbonyl (C=O) groups excluding carboxylic acids is 1. The molecule has 4 heteroatoms. The molecule has 0 saturated carbocycles. The maximum absolute atomic E-state index is 12.0. The van der Waals surface area contributed by atoms with Gasteiger partial charge in [0.2, 0.25) is 0 Å². The number of fused-ring (bicyclic) bond motifs is 3. The van der Waals surface area contributed by atoms with Crippen LogP contribution in [-0.4, -0.2) is 29.1 Å². The summed E-state index contributed by atoms with van der Waals surface area (Å²) >= 11 is 1.71. The van der Waals surface area contributed by atoms with Gasteiger partial charge in [0.25, 0.3) is 0 Å². The predicted octanol–water partition coefficient (Wildman–Crippen LogP) is 4.20. The number of ether oxygens (including phenoxy) is 1. The average Bonchev–Trinajstić information content (AvgIpc) is 2.88. The standard InChI is InChI=1S/C21H25NO2S/c1-21(2,3)24-20(23)19(22)13-25-12-18-16-10-6-4-8-14(16)15-9-5-7-11-17(15)18/h4-11,18-19H,12-13,22H2,1-3H3. The largest absolute Gasteiger partial charge is 0.459 e. The predicted molar refractivity (Wildman–Crippen MR) is 105 cm³/mol. The Morgan fingerprint density at radius 3 is 2.12 bits per heavy atom. The van der Waals surface area contributed by atoms with E-state index in [1.807, 2.05) is 20.8 Å². The third kappa shape index (κ3) is 4.07. The van der Waals surface area contributed by atoms with Gasteiger partial charge < -0.3 is 10.5 Å². The van der Waals surface area contributed by atoms with Gasteiger partial charge in [-0.15, -0.1) is 0 Å². The van der Waals surface area contributed by atoms with Gasteiger partial charge in [-0.2, -0.15) is 11.8 Å². The molecule has 0 aliphatic heterocycles. The minimum absolute atomic E-state index is 0.327. The second kappa shape index (κ2) is 7.22. The van der Waals surface area contributed by atoms with Gasteiger partial charge in [0.1, 0.15) is 11.6 Å². The zero-order chi connectivity index (χ0) is 18.0. The monoisotopic (exact) mass is 355 g/mol. The molecule has 2 aromatic rings. The second-order valence-corrected chi connectivity index (χ2v) is 8.48. The van der Waals surface area contributed by atoms with Crippen LogP contribution in [0.3, 0.4) is 0 Å². The summed E-state index contributed by atoms with van der Waals surface area (Å²) in [6, 6.07) is 16.5. The van der Waals surface area contributed by atoms with Crippen LogP contribution in [0.5, 0.6) is 0 Å². The summed E-state index contributed by atoms with van der Waals surface area (Å²) in [4.78, 5) is 12.0. The van der Waals surface area contributed by atoms with Crippen LogP contribution in [0.25, 0.3) is 11.1 Å². The molecule has 0 spiro atoms. The van der Waals surface area contributed by atoms with E-state index in [9.17, 15) is 4.79 Å². The molecular weight excluding hydrogens is 330 g/mol. The molecule has 25 heavy (non-hydrogen) atoms. The topological polar surface area (TPSA) is 52.3 Å². The van der Waals surface area contributed by atoms with Gasteiger partial charge in [0.15, 0.2) is 0 Å². The van der Waals surface area contributed by atoms with Crippen molar-refractivity contribution in [3.05, 3.63) is 59.7 Å². The Hall–Kier alpha value is -1.78. The number of nitrogens with two attached hydrogens (primary N) is 1. The Bertz CT molecular complexity index is 721. The van der Waals surface area contributed by atoms with Crippen molar-refractivity contribution in [1.29, 1.82) is 0 Å². The lowest BCUT2D eigenvalue weighted by molar-refractivity contribution is -0.155. The van der Waals surface area contributed by atoms with Crippen LogP contribution in [-0.2, 0) is 9.53 Å². The van der Waals surface area contributed by atoms with Crippen LogP contribution in [0.1, 0.15) is 37.8 Å². The fourth-order valence-electron chi connectivity index (χ4n) is 3.20. The molecule has 0 radical (unpaired) electrons. The number of esters is 1. The minimum Gasteiger partial charge on any atom is -0.459 e. The van der Waals surface area contributed by atoms with Crippen molar-refractivity contribution in [1.82, 2.24) is 0 Å². The summed E-state index contributed by atoms with van der Waals surface area (Å²) in [7, 11) is 0. The van der Waals surface area contributed by atoms with Crippen LogP contribution in [0.15, 0.2) is 48.5 Å². The first-order valence-electron chi connectivity index (χ1n) is 8.61. The van der Waals surface area contributed by atoms with Gasteiger partial charge in [-0.3, -0.25) is 4.79 Å². The third-order valence-electron chi connectivity index (χ3n) is 4.25. The highest BCUT2D eigenvalue weighted by Crippen LogP contribution is 2.45. The van der Waals surface area contributed by atoms with E-state index in [-0.39, 0.29) is 5.97 Å². The normalized spacial score (nSPS) is 14.7. The van der Waals surface area contributed by atoms with Gasteiger partial charge in [0, 0.05) is 17.4 Å². The molecule has 0 bridgehead atoms. The number of rotatable bonds is 5. The maximum atomic E-state index is 12.0. The Morgan fingerprint density at radius 2 is 1.60 bits per heavy atom. The number of benzene rings is 2. The van der Waals surface area contributed by atoms with E-state index < -0.39 is 11.6 Å². The summed E-state index contributed by atoms with van der Waals surface area (Å²) in [6.07, 6.45) is 0. The summed E-state index contributed by atoms with van der Waals surface area (Å²) < 4.78 is 5.36. The lowest BCUT2D eigenvalue weighted by Crippen LogP contribution is -2.39. The molecule has 1 atom stereocenters. The molecule has 0 saturated heterocycles. The Balaban J connectivity index is 1.65. The van der Waals surface area contributed by atoms with E-state index in [0.29, 0.717) is 11.7 Å². The number of carbonyl (C=O) groups is 1.